The largest absolute Gasteiger partial charge is 0.363 e. The van der Waals surface area contributed by atoms with Gasteiger partial charge in [-0.3, -0.25) is 4.79 Å². The number of amides is 1. The van der Waals surface area contributed by atoms with Crippen molar-refractivity contribution in [3.63, 3.8) is 0 Å². The minimum Gasteiger partial charge on any atom is -0.363 e. The summed E-state index contributed by atoms with van der Waals surface area (Å²) in [4.78, 5) is 23.9. The maximum absolute atomic E-state index is 13.1. The van der Waals surface area contributed by atoms with Crippen LogP contribution in [-0.4, -0.2) is 47.2 Å². The summed E-state index contributed by atoms with van der Waals surface area (Å²) >= 11 is 6.31. The summed E-state index contributed by atoms with van der Waals surface area (Å²) in [5, 5.41) is 11.2. The molecule has 0 unspecified atom stereocenters. The Hall–Kier alpha value is -3.13. The Bertz CT molecular complexity index is 1090. The molecule has 4 rings (SSSR count). The third kappa shape index (κ3) is 4.85. The maximum atomic E-state index is 13.1. The number of carbonyl (C=O) groups is 1. The summed E-state index contributed by atoms with van der Waals surface area (Å²) in [5.41, 5.74) is 1.59. The predicted octanol–water partition coefficient (Wildman–Crippen LogP) is 4.31. The number of aromatic nitrogens is 3. The topological polar surface area (TPSA) is 96.2 Å². The van der Waals surface area contributed by atoms with Gasteiger partial charge in [0.2, 0.25) is 5.95 Å². The molecule has 1 fully saturated rings. The van der Waals surface area contributed by atoms with E-state index in [1.807, 2.05) is 43.3 Å². The number of nitrogens with zero attached hydrogens (tertiary/aromatic N) is 4. The van der Waals surface area contributed by atoms with Gasteiger partial charge in [0.15, 0.2) is 0 Å². The lowest BCUT2D eigenvalue weighted by Crippen LogP contribution is -2.40. The van der Waals surface area contributed by atoms with Crippen molar-refractivity contribution in [3.05, 3.63) is 52.9 Å². The van der Waals surface area contributed by atoms with Crippen LogP contribution in [0.5, 0.6) is 0 Å². The monoisotopic (exact) mass is 454 g/mol. The Morgan fingerprint density at radius 2 is 1.84 bits per heavy atom. The first-order chi connectivity index (χ1) is 15.4. The minimum atomic E-state index is -0.183. The van der Waals surface area contributed by atoms with E-state index < -0.39 is 0 Å². The van der Waals surface area contributed by atoms with E-state index in [0.717, 1.165) is 31.5 Å². The number of carbonyl (C=O) groups excluding carboxylic acids is 1. The molecule has 9 heteroatoms. The number of rotatable bonds is 6. The van der Waals surface area contributed by atoms with Crippen molar-refractivity contribution >= 4 is 29.3 Å². The van der Waals surface area contributed by atoms with Crippen LogP contribution in [-0.2, 0) is 0 Å². The molecule has 8 nitrogen and oxygen atoms in total. The Morgan fingerprint density at radius 1 is 1.12 bits per heavy atom. The van der Waals surface area contributed by atoms with Crippen LogP contribution >= 0.6 is 11.6 Å². The summed E-state index contributed by atoms with van der Waals surface area (Å²) in [6.07, 6.45) is 5.32. The number of hydrogen-bond acceptors (Lipinski definition) is 7. The number of hydrogen-bond donors (Lipinski definition) is 2. The molecule has 1 aromatic carbocycles. The van der Waals surface area contributed by atoms with E-state index >= 15 is 0 Å². The zero-order valence-corrected chi connectivity index (χ0v) is 19.2. The van der Waals surface area contributed by atoms with Crippen LogP contribution in [0.1, 0.15) is 41.8 Å². The molecule has 1 saturated carbocycles. The van der Waals surface area contributed by atoms with Gasteiger partial charge in [0, 0.05) is 37.9 Å². The van der Waals surface area contributed by atoms with Gasteiger partial charge in [0.1, 0.15) is 22.8 Å². The lowest BCUT2D eigenvalue weighted by atomic mass is 9.91. The molecule has 0 spiro atoms. The van der Waals surface area contributed by atoms with Crippen LogP contribution in [0, 0.1) is 6.92 Å². The molecule has 32 heavy (non-hydrogen) atoms. The summed E-state index contributed by atoms with van der Waals surface area (Å²) in [5.74, 6) is 1.79. The highest BCUT2D eigenvalue weighted by molar-refractivity contribution is 6.33. The van der Waals surface area contributed by atoms with E-state index in [1.54, 1.807) is 19.2 Å². The molecule has 0 aliphatic heterocycles. The molecular formula is C23H27ClN6O2. The molecule has 0 radical (unpaired) electrons. The summed E-state index contributed by atoms with van der Waals surface area (Å²) in [6, 6.07) is 9.54. The fourth-order valence-electron chi connectivity index (χ4n) is 3.97. The van der Waals surface area contributed by atoms with Crippen LogP contribution in [0.3, 0.4) is 0 Å². The number of benzene rings is 1. The Morgan fingerprint density at radius 3 is 2.56 bits per heavy atom. The minimum absolute atomic E-state index is 0.0861. The van der Waals surface area contributed by atoms with Gasteiger partial charge in [0.05, 0.1) is 5.02 Å². The second-order valence-corrected chi connectivity index (χ2v) is 8.65. The lowest BCUT2D eigenvalue weighted by Gasteiger charge is -2.29. The van der Waals surface area contributed by atoms with Crippen LogP contribution in [0.4, 0.5) is 11.8 Å². The van der Waals surface area contributed by atoms with Crippen molar-refractivity contribution in [2.24, 2.45) is 0 Å². The number of aryl methyl sites for hydroxylation is 1. The van der Waals surface area contributed by atoms with Crippen molar-refractivity contribution < 1.29 is 9.32 Å². The Balaban J connectivity index is 1.37. The highest BCUT2D eigenvalue weighted by Crippen LogP contribution is 2.31. The fraction of sp³-hybridized carbons (Fsp3) is 0.391. The zero-order chi connectivity index (χ0) is 22.7. The van der Waals surface area contributed by atoms with E-state index in [-0.39, 0.29) is 18.0 Å². The van der Waals surface area contributed by atoms with Crippen LogP contribution in [0.25, 0.3) is 11.3 Å². The second-order valence-electron chi connectivity index (χ2n) is 8.24. The molecule has 3 aromatic rings. The smallest absolute Gasteiger partial charge is 0.257 e. The molecule has 0 bridgehead atoms. The van der Waals surface area contributed by atoms with E-state index in [1.165, 1.54) is 0 Å². The van der Waals surface area contributed by atoms with Gasteiger partial charge in [-0.25, -0.2) is 4.98 Å². The first-order valence-corrected chi connectivity index (χ1v) is 11.1. The molecule has 2 heterocycles. The molecule has 2 aromatic heterocycles. The average molecular weight is 455 g/mol. The standard InChI is InChI=1S/C23H27ClN6O2/c1-14-20(21(29-32-14)17-6-4-5-7-18(17)24)22(31)26-15-8-10-16(11-9-15)27-23-25-13-12-19(28-23)30(2)3/h4-7,12-13,15-16H,8-11H2,1-3H3,(H,26,31)(H,25,27,28). The average Bonchev–Trinajstić information content (AvgIpc) is 3.17. The molecule has 1 amide bonds. The highest BCUT2D eigenvalue weighted by atomic mass is 35.5. The van der Waals surface area contributed by atoms with Crippen molar-refractivity contribution in [2.45, 2.75) is 44.7 Å². The second kappa shape index (κ2) is 9.56. The Labute approximate surface area is 192 Å². The number of nitrogens with one attached hydrogen (secondary N) is 2. The molecular weight excluding hydrogens is 428 g/mol. The predicted molar refractivity (Wildman–Crippen MR) is 125 cm³/mol. The van der Waals surface area contributed by atoms with Gasteiger partial charge in [-0.15, -0.1) is 0 Å². The van der Waals surface area contributed by atoms with Crippen molar-refractivity contribution in [3.8, 4) is 11.3 Å². The highest BCUT2D eigenvalue weighted by Gasteiger charge is 2.27. The van der Waals surface area contributed by atoms with Gasteiger partial charge in [0.25, 0.3) is 5.91 Å². The van der Waals surface area contributed by atoms with Crippen molar-refractivity contribution in [1.29, 1.82) is 0 Å². The first kappa shape index (κ1) is 22.1. The quantitative estimate of drug-likeness (QED) is 0.572. The van der Waals surface area contributed by atoms with Gasteiger partial charge >= 0.3 is 0 Å². The van der Waals surface area contributed by atoms with Gasteiger partial charge in [-0.2, -0.15) is 4.98 Å². The zero-order valence-electron chi connectivity index (χ0n) is 18.4. The van der Waals surface area contributed by atoms with E-state index in [9.17, 15) is 4.79 Å². The summed E-state index contributed by atoms with van der Waals surface area (Å²) in [6.45, 7) is 1.74. The molecule has 0 atom stereocenters. The van der Waals surface area contributed by atoms with Gasteiger partial charge < -0.3 is 20.1 Å². The fourth-order valence-corrected chi connectivity index (χ4v) is 4.19. The van der Waals surface area contributed by atoms with Crippen LogP contribution in [0.2, 0.25) is 5.02 Å². The van der Waals surface area contributed by atoms with Gasteiger partial charge in [-0.1, -0.05) is 35.0 Å². The van der Waals surface area contributed by atoms with E-state index in [2.05, 4.69) is 25.8 Å². The van der Waals surface area contributed by atoms with Crippen molar-refractivity contribution in [1.82, 2.24) is 20.4 Å². The summed E-state index contributed by atoms with van der Waals surface area (Å²) in [7, 11) is 3.91. The van der Waals surface area contributed by atoms with E-state index in [4.69, 9.17) is 16.1 Å². The summed E-state index contributed by atoms with van der Waals surface area (Å²) < 4.78 is 5.33. The SMILES string of the molecule is Cc1onc(-c2ccccc2Cl)c1C(=O)NC1CCC(Nc2nccc(N(C)C)n2)CC1. The molecule has 1 aliphatic rings. The molecule has 2 N–H and O–H groups in total. The van der Waals surface area contributed by atoms with Gasteiger partial charge in [-0.05, 0) is 44.7 Å². The first-order valence-electron chi connectivity index (χ1n) is 10.7. The van der Waals surface area contributed by atoms with Crippen LogP contribution < -0.4 is 15.5 Å². The third-order valence-electron chi connectivity index (χ3n) is 5.71. The normalized spacial score (nSPS) is 18.2. The molecule has 0 saturated heterocycles. The molecule has 1 aliphatic carbocycles. The van der Waals surface area contributed by atoms with E-state index in [0.29, 0.717) is 33.6 Å². The number of halogens is 1. The third-order valence-corrected chi connectivity index (χ3v) is 6.04. The Kier molecular flexibility index (Phi) is 6.60. The van der Waals surface area contributed by atoms with Crippen molar-refractivity contribution in [2.75, 3.05) is 24.3 Å². The van der Waals surface area contributed by atoms with Crippen LogP contribution in [0.15, 0.2) is 41.1 Å². The lowest BCUT2D eigenvalue weighted by molar-refractivity contribution is 0.0925. The number of anilines is 2. The maximum Gasteiger partial charge on any atom is 0.257 e. The molecule has 168 valence electrons.